The summed E-state index contributed by atoms with van der Waals surface area (Å²) in [6, 6.07) is 7.57. The maximum atomic E-state index is 12.5. The third kappa shape index (κ3) is 3.84. The molecule has 1 aliphatic rings. The lowest BCUT2D eigenvalue weighted by Gasteiger charge is -2.32. The lowest BCUT2D eigenvalue weighted by atomic mass is 9.84. The van der Waals surface area contributed by atoms with E-state index in [1.165, 1.54) is 0 Å². The molecule has 1 N–H and O–H groups in total. The Morgan fingerprint density at radius 3 is 2.62 bits per heavy atom. The Balaban J connectivity index is 2.12. The van der Waals surface area contributed by atoms with Crippen molar-refractivity contribution in [1.82, 2.24) is 4.90 Å². The van der Waals surface area contributed by atoms with Gasteiger partial charge in [0.25, 0.3) is 5.91 Å². The Hall–Kier alpha value is -1.84. The van der Waals surface area contributed by atoms with Crippen molar-refractivity contribution in [3.8, 4) is 0 Å². The molecule has 4 nitrogen and oxygen atoms in total. The fourth-order valence-corrected chi connectivity index (χ4v) is 2.88. The minimum absolute atomic E-state index is 0.0444. The lowest BCUT2D eigenvalue weighted by molar-refractivity contribution is -0.143. The Kier molecular flexibility index (Phi) is 4.35. The van der Waals surface area contributed by atoms with E-state index in [1.807, 2.05) is 45.0 Å². The van der Waals surface area contributed by atoms with Crippen LogP contribution in [-0.4, -0.2) is 35.0 Å². The highest BCUT2D eigenvalue weighted by atomic mass is 16.4. The van der Waals surface area contributed by atoms with Crippen LogP contribution < -0.4 is 0 Å². The second kappa shape index (κ2) is 5.88. The molecule has 1 amide bonds. The van der Waals surface area contributed by atoms with Gasteiger partial charge in [0, 0.05) is 18.7 Å². The summed E-state index contributed by atoms with van der Waals surface area (Å²) in [7, 11) is 0. The van der Waals surface area contributed by atoms with Crippen molar-refractivity contribution in [3.63, 3.8) is 0 Å². The SMILES string of the molecule is CC(C)(C)CC(CN1CCc2ccccc2C1=O)C(=O)O. The number of aliphatic carboxylic acids is 1. The standard InChI is InChI=1S/C17H23NO3/c1-17(2,3)10-13(16(20)21)11-18-9-8-12-6-4-5-7-14(12)15(18)19/h4-7,13H,8-11H2,1-3H3,(H,20,21). The molecule has 1 aromatic carbocycles. The first-order valence-electron chi connectivity index (χ1n) is 7.38. The number of benzene rings is 1. The first kappa shape index (κ1) is 15.5. The molecule has 2 rings (SSSR count). The fourth-order valence-electron chi connectivity index (χ4n) is 2.88. The van der Waals surface area contributed by atoms with Crippen LogP contribution in [0.2, 0.25) is 0 Å². The molecule has 21 heavy (non-hydrogen) atoms. The number of hydrogen-bond donors (Lipinski definition) is 1. The van der Waals surface area contributed by atoms with E-state index in [0.717, 1.165) is 12.0 Å². The fraction of sp³-hybridized carbons (Fsp3) is 0.529. The summed E-state index contributed by atoms with van der Waals surface area (Å²) in [5.74, 6) is -1.38. The number of fused-ring (bicyclic) bond motifs is 1. The summed E-state index contributed by atoms with van der Waals surface area (Å²) >= 11 is 0. The minimum atomic E-state index is -0.823. The molecule has 1 atom stereocenters. The Labute approximate surface area is 125 Å². The van der Waals surface area contributed by atoms with Gasteiger partial charge in [-0.1, -0.05) is 39.0 Å². The summed E-state index contributed by atoms with van der Waals surface area (Å²) in [5, 5.41) is 9.41. The van der Waals surface area contributed by atoms with Crippen molar-refractivity contribution < 1.29 is 14.7 Å². The van der Waals surface area contributed by atoms with Crippen LogP contribution in [0.5, 0.6) is 0 Å². The third-order valence-electron chi connectivity index (χ3n) is 3.83. The molecule has 4 heteroatoms. The van der Waals surface area contributed by atoms with Gasteiger partial charge in [-0.05, 0) is 29.9 Å². The van der Waals surface area contributed by atoms with Gasteiger partial charge in [0.2, 0.25) is 0 Å². The smallest absolute Gasteiger partial charge is 0.308 e. The molecule has 0 fully saturated rings. The molecular weight excluding hydrogens is 266 g/mol. The predicted molar refractivity (Wildman–Crippen MR) is 81.2 cm³/mol. The summed E-state index contributed by atoms with van der Waals surface area (Å²) < 4.78 is 0. The van der Waals surface area contributed by atoms with Crippen molar-refractivity contribution in [2.75, 3.05) is 13.1 Å². The Morgan fingerprint density at radius 1 is 1.33 bits per heavy atom. The first-order chi connectivity index (χ1) is 9.78. The number of carbonyl (C=O) groups is 2. The maximum Gasteiger partial charge on any atom is 0.308 e. The zero-order valence-corrected chi connectivity index (χ0v) is 12.9. The van der Waals surface area contributed by atoms with Gasteiger partial charge in [-0.3, -0.25) is 9.59 Å². The van der Waals surface area contributed by atoms with E-state index in [-0.39, 0.29) is 11.3 Å². The quantitative estimate of drug-likeness (QED) is 0.927. The Bertz CT molecular complexity index is 545. The van der Waals surface area contributed by atoms with Crippen LogP contribution in [0.15, 0.2) is 24.3 Å². The number of hydrogen-bond acceptors (Lipinski definition) is 2. The van der Waals surface area contributed by atoms with Gasteiger partial charge < -0.3 is 10.0 Å². The summed E-state index contributed by atoms with van der Waals surface area (Å²) in [6.45, 7) is 6.96. The second-order valence-corrected chi connectivity index (χ2v) is 6.96. The number of rotatable bonds is 4. The summed E-state index contributed by atoms with van der Waals surface area (Å²) in [4.78, 5) is 25.6. The van der Waals surface area contributed by atoms with E-state index in [9.17, 15) is 14.7 Å². The van der Waals surface area contributed by atoms with Crippen molar-refractivity contribution >= 4 is 11.9 Å². The molecule has 1 unspecified atom stereocenters. The zero-order chi connectivity index (χ0) is 15.6. The molecule has 1 heterocycles. The van der Waals surface area contributed by atoms with Crippen LogP contribution in [0.25, 0.3) is 0 Å². The van der Waals surface area contributed by atoms with Crippen LogP contribution in [0.4, 0.5) is 0 Å². The van der Waals surface area contributed by atoms with Crippen molar-refractivity contribution in [1.29, 1.82) is 0 Å². The molecule has 114 valence electrons. The average molecular weight is 289 g/mol. The maximum absolute atomic E-state index is 12.5. The normalized spacial score (nSPS) is 16.5. The van der Waals surface area contributed by atoms with Gasteiger partial charge in [0.1, 0.15) is 0 Å². The van der Waals surface area contributed by atoms with Gasteiger partial charge in [0.05, 0.1) is 5.92 Å². The van der Waals surface area contributed by atoms with E-state index < -0.39 is 11.9 Å². The molecule has 0 spiro atoms. The third-order valence-corrected chi connectivity index (χ3v) is 3.83. The molecule has 1 aliphatic heterocycles. The highest BCUT2D eigenvalue weighted by Crippen LogP contribution is 2.27. The van der Waals surface area contributed by atoms with Crippen LogP contribution in [0, 0.1) is 11.3 Å². The van der Waals surface area contributed by atoms with Crippen LogP contribution in [-0.2, 0) is 11.2 Å². The van der Waals surface area contributed by atoms with Crippen LogP contribution >= 0.6 is 0 Å². The van der Waals surface area contributed by atoms with E-state index in [4.69, 9.17) is 0 Å². The van der Waals surface area contributed by atoms with E-state index in [2.05, 4.69) is 0 Å². The number of nitrogens with zero attached hydrogens (tertiary/aromatic N) is 1. The molecule has 0 saturated heterocycles. The van der Waals surface area contributed by atoms with E-state index >= 15 is 0 Å². The molecular formula is C17H23NO3. The van der Waals surface area contributed by atoms with Gasteiger partial charge >= 0.3 is 5.97 Å². The molecule has 0 radical (unpaired) electrons. The average Bonchev–Trinajstić information content (AvgIpc) is 2.39. The number of carboxylic acid groups (broad SMARTS) is 1. The first-order valence-corrected chi connectivity index (χ1v) is 7.38. The monoisotopic (exact) mass is 289 g/mol. The van der Waals surface area contributed by atoms with Gasteiger partial charge in [-0.15, -0.1) is 0 Å². The van der Waals surface area contributed by atoms with Gasteiger partial charge in [0.15, 0.2) is 0 Å². The Morgan fingerprint density at radius 2 is 2.00 bits per heavy atom. The zero-order valence-electron chi connectivity index (χ0n) is 12.9. The van der Waals surface area contributed by atoms with Gasteiger partial charge in [-0.2, -0.15) is 0 Å². The molecule has 0 aromatic heterocycles. The van der Waals surface area contributed by atoms with Crippen molar-refractivity contribution in [2.24, 2.45) is 11.3 Å². The highest BCUT2D eigenvalue weighted by Gasteiger charge is 2.31. The number of carboxylic acids is 1. The number of carbonyl (C=O) groups excluding carboxylic acids is 1. The molecule has 0 bridgehead atoms. The van der Waals surface area contributed by atoms with E-state index in [1.54, 1.807) is 4.90 Å². The number of amides is 1. The van der Waals surface area contributed by atoms with Crippen molar-refractivity contribution in [2.45, 2.75) is 33.6 Å². The lowest BCUT2D eigenvalue weighted by Crippen LogP contribution is -2.43. The summed E-state index contributed by atoms with van der Waals surface area (Å²) in [5.41, 5.74) is 1.70. The molecule has 1 aromatic rings. The van der Waals surface area contributed by atoms with E-state index in [0.29, 0.717) is 25.1 Å². The van der Waals surface area contributed by atoms with Crippen LogP contribution in [0.1, 0.15) is 43.1 Å². The largest absolute Gasteiger partial charge is 0.481 e. The van der Waals surface area contributed by atoms with Gasteiger partial charge in [-0.25, -0.2) is 0 Å². The molecule has 0 aliphatic carbocycles. The topological polar surface area (TPSA) is 57.6 Å². The molecule has 0 saturated carbocycles. The van der Waals surface area contributed by atoms with Crippen LogP contribution in [0.3, 0.4) is 0 Å². The minimum Gasteiger partial charge on any atom is -0.481 e. The van der Waals surface area contributed by atoms with Crippen molar-refractivity contribution in [3.05, 3.63) is 35.4 Å². The second-order valence-electron chi connectivity index (χ2n) is 6.96. The summed E-state index contributed by atoms with van der Waals surface area (Å²) in [6.07, 6.45) is 1.36. The predicted octanol–water partition coefficient (Wildman–Crippen LogP) is 2.82. The highest BCUT2D eigenvalue weighted by molar-refractivity contribution is 5.96.